The lowest BCUT2D eigenvalue weighted by Crippen LogP contribution is -2.47. The number of benzene rings is 2. The van der Waals surface area contributed by atoms with Gasteiger partial charge in [0.05, 0.1) is 12.1 Å². The van der Waals surface area contributed by atoms with Crippen LogP contribution in [0.2, 0.25) is 0 Å². The highest BCUT2D eigenvalue weighted by molar-refractivity contribution is 5.69. The van der Waals surface area contributed by atoms with Crippen LogP contribution < -0.4 is 5.73 Å². The first-order chi connectivity index (χ1) is 13.2. The molecule has 0 aromatic heterocycles. The van der Waals surface area contributed by atoms with Crippen LogP contribution in [0.3, 0.4) is 0 Å². The molecule has 0 bridgehead atoms. The van der Waals surface area contributed by atoms with E-state index in [1.807, 2.05) is 75.4 Å². The molecule has 150 valence electrons. The third-order valence-electron chi connectivity index (χ3n) is 5.11. The predicted molar refractivity (Wildman–Crippen MR) is 111 cm³/mol. The summed E-state index contributed by atoms with van der Waals surface area (Å²) in [5.74, 6) is 0. The van der Waals surface area contributed by atoms with Crippen LogP contribution in [0.25, 0.3) is 0 Å². The molecule has 1 aliphatic rings. The van der Waals surface area contributed by atoms with Gasteiger partial charge in [-0.2, -0.15) is 0 Å². The van der Waals surface area contributed by atoms with Crippen molar-refractivity contribution >= 4 is 11.8 Å². The van der Waals surface area contributed by atoms with E-state index in [-0.39, 0.29) is 18.2 Å². The highest BCUT2D eigenvalue weighted by Crippen LogP contribution is 2.35. The molecule has 1 amide bonds. The van der Waals surface area contributed by atoms with E-state index < -0.39 is 11.7 Å². The van der Waals surface area contributed by atoms with Crippen LogP contribution in [-0.2, 0) is 11.2 Å². The molecule has 2 aromatic rings. The number of ether oxygens (including phenoxy) is 1. The van der Waals surface area contributed by atoms with Crippen LogP contribution in [0.15, 0.2) is 54.6 Å². The lowest BCUT2D eigenvalue weighted by atomic mass is 10.0. The van der Waals surface area contributed by atoms with Crippen molar-refractivity contribution in [3.05, 3.63) is 65.7 Å². The Kier molecular flexibility index (Phi) is 5.94. The number of hydrogen-bond acceptors (Lipinski definition) is 4. The minimum Gasteiger partial charge on any atom is -0.444 e. The molecule has 0 unspecified atom stereocenters. The van der Waals surface area contributed by atoms with Crippen LogP contribution in [0.4, 0.5) is 10.5 Å². The molecular weight excluding hydrogens is 352 g/mol. The maximum absolute atomic E-state index is 13.0. The number of aliphatic hydroxyl groups excluding tert-OH is 1. The summed E-state index contributed by atoms with van der Waals surface area (Å²) in [6.07, 6.45) is 1.14. The van der Waals surface area contributed by atoms with E-state index in [1.165, 1.54) is 0 Å². The number of nitrogens with two attached hydrogens (primary N) is 1. The maximum Gasteiger partial charge on any atom is 0.410 e. The Morgan fingerprint density at radius 2 is 1.79 bits per heavy atom. The van der Waals surface area contributed by atoms with Gasteiger partial charge in [0.1, 0.15) is 5.60 Å². The number of likely N-dealkylation sites (tertiary alicyclic amines) is 1. The van der Waals surface area contributed by atoms with Gasteiger partial charge in [-0.1, -0.05) is 42.5 Å². The van der Waals surface area contributed by atoms with Crippen molar-refractivity contribution in [2.75, 3.05) is 5.73 Å². The second kappa shape index (κ2) is 8.23. The Labute approximate surface area is 167 Å². The normalized spacial score (nSPS) is 20.8. The summed E-state index contributed by atoms with van der Waals surface area (Å²) in [5.41, 5.74) is 7.85. The number of rotatable bonds is 4. The van der Waals surface area contributed by atoms with Crippen molar-refractivity contribution in [1.82, 2.24) is 4.90 Å². The topological polar surface area (TPSA) is 75.8 Å². The summed E-state index contributed by atoms with van der Waals surface area (Å²) in [7, 11) is 0. The number of nitrogen functional groups attached to an aromatic ring is 1. The van der Waals surface area contributed by atoms with Gasteiger partial charge in [-0.05, 0) is 63.3 Å². The highest BCUT2D eigenvalue weighted by atomic mass is 16.6. The maximum atomic E-state index is 13.0. The lowest BCUT2D eigenvalue weighted by molar-refractivity contribution is -0.00453. The number of carbonyl (C=O) groups excluding carboxylic acids is 1. The first kappa shape index (κ1) is 20.2. The molecule has 28 heavy (non-hydrogen) atoms. The van der Waals surface area contributed by atoms with E-state index >= 15 is 0 Å². The second-order valence-electron chi connectivity index (χ2n) is 8.49. The number of aliphatic hydroxyl groups is 1. The van der Waals surface area contributed by atoms with E-state index in [0.717, 1.165) is 29.7 Å². The zero-order valence-electron chi connectivity index (χ0n) is 16.8. The SMILES string of the molecule is CC(C)(C)OC(=O)N1[C@@H](Cc2ccc(N)cc2)CC[C@@H]1[C@H](O)c1ccccc1. The molecule has 1 fully saturated rings. The van der Waals surface area contributed by atoms with E-state index in [2.05, 4.69) is 0 Å². The van der Waals surface area contributed by atoms with Gasteiger partial charge < -0.3 is 15.6 Å². The molecule has 0 spiro atoms. The lowest BCUT2D eigenvalue weighted by Gasteiger charge is -2.35. The molecule has 1 saturated heterocycles. The summed E-state index contributed by atoms with van der Waals surface area (Å²) in [6.45, 7) is 5.58. The van der Waals surface area contributed by atoms with Gasteiger partial charge >= 0.3 is 6.09 Å². The molecule has 5 nitrogen and oxygen atoms in total. The number of nitrogens with zero attached hydrogens (tertiary/aromatic N) is 1. The molecule has 0 aliphatic carbocycles. The van der Waals surface area contributed by atoms with Gasteiger partial charge in [-0.15, -0.1) is 0 Å². The van der Waals surface area contributed by atoms with E-state index in [4.69, 9.17) is 10.5 Å². The molecule has 5 heteroatoms. The summed E-state index contributed by atoms with van der Waals surface area (Å²) >= 11 is 0. The van der Waals surface area contributed by atoms with Gasteiger partial charge in [0.2, 0.25) is 0 Å². The molecule has 3 atom stereocenters. The minimum atomic E-state index is -0.745. The molecule has 1 aliphatic heterocycles. The van der Waals surface area contributed by atoms with Gasteiger partial charge in [0, 0.05) is 11.7 Å². The third kappa shape index (κ3) is 4.84. The summed E-state index contributed by atoms with van der Waals surface area (Å²) in [5, 5.41) is 11.0. The largest absolute Gasteiger partial charge is 0.444 e. The molecule has 3 N–H and O–H groups in total. The van der Waals surface area contributed by atoms with Gasteiger partial charge in [0.25, 0.3) is 0 Å². The fourth-order valence-electron chi connectivity index (χ4n) is 3.82. The van der Waals surface area contributed by atoms with Crippen molar-refractivity contribution in [3.63, 3.8) is 0 Å². The van der Waals surface area contributed by atoms with Gasteiger partial charge in [-0.25, -0.2) is 4.79 Å². The molecule has 0 saturated carbocycles. The van der Waals surface area contributed by atoms with Crippen molar-refractivity contribution in [2.45, 2.75) is 63.8 Å². The highest BCUT2D eigenvalue weighted by Gasteiger charge is 2.42. The molecular formula is C23H30N2O3. The monoisotopic (exact) mass is 382 g/mol. The van der Waals surface area contributed by atoms with Crippen LogP contribution >= 0.6 is 0 Å². The van der Waals surface area contributed by atoms with Gasteiger partial charge in [-0.3, -0.25) is 4.90 Å². The fraction of sp³-hybridized carbons (Fsp3) is 0.435. The number of hydrogen-bond donors (Lipinski definition) is 2. The van der Waals surface area contributed by atoms with Crippen molar-refractivity contribution in [1.29, 1.82) is 0 Å². The Morgan fingerprint density at radius 1 is 1.14 bits per heavy atom. The van der Waals surface area contributed by atoms with Crippen LogP contribution in [0.1, 0.15) is 50.8 Å². The second-order valence-corrected chi connectivity index (χ2v) is 8.49. The Hall–Kier alpha value is -2.53. The quantitative estimate of drug-likeness (QED) is 0.773. The van der Waals surface area contributed by atoms with Gasteiger partial charge in [0.15, 0.2) is 0 Å². The number of anilines is 1. The molecule has 0 radical (unpaired) electrons. The summed E-state index contributed by atoms with van der Waals surface area (Å²) < 4.78 is 5.68. The third-order valence-corrected chi connectivity index (χ3v) is 5.11. The van der Waals surface area contributed by atoms with Crippen LogP contribution in [-0.4, -0.2) is 33.8 Å². The first-order valence-electron chi connectivity index (χ1n) is 9.83. The zero-order chi connectivity index (χ0) is 20.3. The first-order valence-corrected chi connectivity index (χ1v) is 9.83. The zero-order valence-corrected chi connectivity index (χ0v) is 16.8. The average Bonchev–Trinajstić information content (AvgIpc) is 3.06. The van der Waals surface area contributed by atoms with Crippen molar-refractivity contribution < 1.29 is 14.6 Å². The van der Waals surface area contributed by atoms with Crippen LogP contribution in [0.5, 0.6) is 0 Å². The smallest absolute Gasteiger partial charge is 0.410 e. The Morgan fingerprint density at radius 3 is 2.39 bits per heavy atom. The Bertz CT molecular complexity index is 784. The van der Waals surface area contributed by atoms with Crippen molar-refractivity contribution in [3.8, 4) is 0 Å². The van der Waals surface area contributed by atoms with E-state index in [9.17, 15) is 9.90 Å². The van der Waals surface area contributed by atoms with E-state index in [0.29, 0.717) is 6.42 Å². The number of amides is 1. The van der Waals surface area contributed by atoms with Crippen LogP contribution in [0, 0.1) is 0 Å². The number of carbonyl (C=O) groups is 1. The molecule has 2 aromatic carbocycles. The standard InChI is InChI=1S/C23H30N2O3/c1-23(2,3)28-22(27)25-19(15-16-9-11-18(24)12-10-16)13-14-20(25)21(26)17-7-5-4-6-8-17/h4-12,19-21,26H,13-15,24H2,1-3H3/t19-,20-,21-/m1/s1. The van der Waals surface area contributed by atoms with E-state index in [1.54, 1.807) is 4.90 Å². The molecule has 1 heterocycles. The minimum absolute atomic E-state index is 0.0261. The Balaban J connectivity index is 1.84. The summed E-state index contributed by atoms with van der Waals surface area (Å²) in [4.78, 5) is 14.8. The average molecular weight is 383 g/mol. The summed E-state index contributed by atoms with van der Waals surface area (Å²) in [6, 6.07) is 16.9. The molecule has 3 rings (SSSR count). The predicted octanol–water partition coefficient (Wildman–Crippen LogP) is 4.31. The van der Waals surface area contributed by atoms with Crippen molar-refractivity contribution in [2.24, 2.45) is 0 Å². The fourth-order valence-corrected chi connectivity index (χ4v) is 3.82.